The van der Waals surface area contributed by atoms with E-state index in [1.54, 1.807) is 0 Å². The average Bonchev–Trinajstić information content (AvgIpc) is 3.53. The third kappa shape index (κ3) is 6.29. The summed E-state index contributed by atoms with van der Waals surface area (Å²) in [6, 6.07) is 0. The smallest absolute Gasteiger partial charge is 0.475 e. The number of aliphatic carboxylic acids is 1. The van der Waals surface area contributed by atoms with Crippen LogP contribution in [0.25, 0.3) is 11.2 Å². The highest BCUT2D eigenvalue weighted by Gasteiger charge is 2.43. The third-order valence-electron chi connectivity index (χ3n) is 7.71. The highest BCUT2D eigenvalue weighted by molar-refractivity contribution is 5.86. The zero-order chi connectivity index (χ0) is 27.5. The van der Waals surface area contributed by atoms with Gasteiger partial charge in [-0.15, -0.1) is 0 Å². The molecule has 3 aliphatic rings. The second-order valence-electron chi connectivity index (χ2n) is 10.2. The molecule has 5 heterocycles. The molecule has 0 aliphatic carbocycles. The Morgan fingerprint density at radius 1 is 1.03 bits per heavy atom. The SMILES string of the molecule is CCC1(OC)CN(c2nc(N3CCN(CCN4CCCC4)CC3)nc3ncn(C)c23)C1.O=C(O)C(F)(F)F. The predicted molar refractivity (Wildman–Crippen MR) is 137 cm³/mol. The van der Waals surface area contributed by atoms with Crippen molar-refractivity contribution in [3.63, 3.8) is 0 Å². The van der Waals surface area contributed by atoms with Gasteiger partial charge in [-0.05, 0) is 32.4 Å². The Kier molecular flexibility index (Phi) is 8.62. The van der Waals surface area contributed by atoms with Crippen molar-refractivity contribution in [1.29, 1.82) is 0 Å². The van der Waals surface area contributed by atoms with Crippen LogP contribution in [0.3, 0.4) is 0 Å². The van der Waals surface area contributed by atoms with Crippen LogP contribution in [0.4, 0.5) is 24.9 Å². The average molecular weight is 543 g/mol. The van der Waals surface area contributed by atoms with Crippen molar-refractivity contribution in [3.05, 3.63) is 6.33 Å². The van der Waals surface area contributed by atoms with Crippen LogP contribution < -0.4 is 9.80 Å². The minimum Gasteiger partial charge on any atom is -0.475 e. The standard InChI is InChI=1S/C22H36N8O.C2HF3O2/c1-4-22(31-3)15-30(16-22)20-18-19(23-17-26(18)2)24-21(25-20)29-13-11-28(12-14-29)10-9-27-7-5-6-8-27;3-2(4,5)1(6)7/h17H,4-16H2,1-3H3;(H,6,7). The Morgan fingerprint density at radius 3 is 2.13 bits per heavy atom. The summed E-state index contributed by atoms with van der Waals surface area (Å²) in [7, 11) is 3.83. The molecule has 0 atom stereocenters. The maximum absolute atomic E-state index is 10.6. The van der Waals surface area contributed by atoms with Crippen molar-refractivity contribution in [1.82, 2.24) is 29.3 Å². The summed E-state index contributed by atoms with van der Waals surface area (Å²) in [4.78, 5) is 33.1. The van der Waals surface area contributed by atoms with E-state index < -0.39 is 12.1 Å². The van der Waals surface area contributed by atoms with Crippen LogP contribution in [-0.2, 0) is 16.6 Å². The van der Waals surface area contributed by atoms with Gasteiger partial charge in [0, 0.05) is 53.4 Å². The molecule has 0 amide bonds. The van der Waals surface area contributed by atoms with Gasteiger partial charge in [0.1, 0.15) is 11.1 Å². The summed E-state index contributed by atoms with van der Waals surface area (Å²) >= 11 is 0. The highest BCUT2D eigenvalue weighted by atomic mass is 19.4. The van der Waals surface area contributed by atoms with E-state index in [1.807, 2.05) is 25.1 Å². The van der Waals surface area contributed by atoms with Crippen molar-refractivity contribution < 1.29 is 27.8 Å². The summed E-state index contributed by atoms with van der Waals surface area (Å²) in [6.45, 7) is 12.9. The Balaban J connectivity index is 0.000000426. The van der Waals surface area contributed by atoms with Gasteiger partial charge in [0.25, 0.3) is 0 Å². The minimum absolute atomic E-state index is 0.0585. The molecular weight excluding hydrogens is 505 g/mol. The Bertz CT molecular complexity index is 1090. The molecule has 14 heteroatoms. The molecule has 0 radical (unpaired) electrons. The molecule has 3 aliphatic heterocycles. The summed E-state index contributed by atoms with van der Waals surface area (Å²) in [5.41, 5.74) is 1.73. The van der Waals surface area contributed by atoms with Gasteiger partial charge in [-0.1, -0.05) is 6.92 Å². The van der Waals surface area contributed by atoms with Crippen LogP contribution in [0.5, 0.6) is 0 Å². The molecular formula is C24H37F3N8O3. The first-order chi connectivity index (χ1) is 18.0. The van der Waals surface area contributed by atoms with Crippen LogP contribution in [-0.4, -0.2) is 125 Å². The van der Waals surface area contributed by atoms with Gasteiger partial charge in [-0.2, -0.15) is 23.1 Å². The van der Waals surface area contributed by atoms with Gasteiger partial charge in [-0.3, -0.25) is 4.90 Å². The van der Waals surface area contributed by atoms with Gasteiger partial charge in [-0.25, -0.2) is 9.78 Å². The molecule has 0 saturated carbocycles. The zero-order valence-electron chi connectivity index (χ0n) is 22.2. The summed E-state index contributed by atoms with van der Waals surface area (Å²) < 4.78 is 39.6. The number of aryl methyl sites for hydroxylation is 1. The van der Waals surface area contributed by atoms with E-state index in [0.717, 1.165) is 68.6 Å². The number of fused-ring (bicyclic) bond motifs is 1. The number of piperazine rings is 1. The fourth-order valence-electron chi connectivity index (χ4n) is 5.14. The second-order valence-corrected chi connectivity index (χ2v) is 10.2. The van der Waals surface area contributed by atoms with Crippen LogP contribution in [0.2, 0.25) is 0 Å². The van der Waals surface area contributed by atoms with Gasteiger partial charge < -0.3 is 29.1 Å². The number of anilines is 2. The monoisotopic (exact) mass is 542 g/mol. The maximum Gasteiger partial charge on any atom is 0.490 e. The maximum atomic E-state index is 10.6. The Hall–Kier alpha value is -2.71. The van der Waals surface area contributed by atoms with E-state index in [4.69, 9.17) is 24.6 Å². The van der Waals surface area contributed by atoms with Crippen LogP contribution in [0, 0.1) is 0 Å². The lowest BCUT2D eigenvalue weighted by Gasteiger charge is -2.49. The van der Waals surface area contributed by atoms with Crippen molar-refractivity contribution >= 4 is 28.9 Å². The quantitative estimate of drug-likeness (QED) is 0.558. The molecule has 11 nitrogen and oxygen atoms in total. The largest absolute Gasteiger partial charge is 0.490 e. The first-order valence-electron chi connectivity index (χ1n) is 13.0. The number of nitrogens with zero attached hydrogens (tertiary/aromatic N) is 8. The third-order valence-corrected chi connectivity index (χ3v) is 7.71. The number of likely N-dealkylation sites (tertiary alicyclic amines) is 1. The molecule has 0 unspecified atom stereocenters. The summed E-state index contributed by atoms with van der Waals surface area (Å²) in [6.07, 6.45) is 0.492. The molecule has 2 aromatic rings. The van der Waals surface area contributed by atoms with E-state index in [1.165, 1.54) is 39.0 Å². The summed E-state index contributed by atoms with van der Waals surface area (Å²) in [5.74, 6) is -0.961. The number of hydrogen-bond acceptors (Lipinski definition) is 9. The number of methoxy groups -OCH3 is 1. The fraction of sp³-hybridized carbons (Fsp3) is 0.750. The van der Waals surface area contributed by atoms with Crippen molar-refractivity contribution in [2.75, 3.05) is 82.4 Å². The first kappa shape index (κ1) is 28.3. The number of carboxylic acids is 1. The van der Waals surface area contributed by atoms with Gasteiger partial charge in [0.2, 0.25) is 5.95 Å². The first-order valence-corrected chi connectivity index (χ1v) is 13.0. The number of hydrogen-bond donors (Lipinski definition) is 1. The molecule has 38 heavy (non-hydrogen) atoms. The minimum atomic E-state index is -5.08. The zero-order valence-corrected chi connectivity index (χ0v) is 22.2. The number of halogens is 3. The molecule has 1 N–H and O–H groups in total. The van der Waals surface area contributed by atoms with Gasteiger partial charge >= 0.3 is 12.1 Å². The van der Waals surface area contributed by atoms with Gasteiger partial charge in [0.05, 0.1) is 19.4 Å². The van der Waals surface area contributed by atoms with E-state index in [2.05, 4.69) is 31.5 Å². The van der Waals surface area contributed by atoms with E-state index in [-0.39, 0.29) is 5.60 Å². The van der Waals surface area contributed by atoms with Crippen molar-refractivity contribution in [3.8, 4) is 0 Å². The number of carboxylic acid groups (broad SMARTS) is 1. The van der Waals surface area contributed by atoms with E-state index in [0.29, 0.717) is 0 Å². The number of ether oxygens (including phenoxy) is 1. The number of alkyl halides is 3. The lowest BCUT2D eigenvalue weighted by molar-refractivity contribution is -0.192. The number of imidazole rings is 1. The Morgan fingerprint density at radius 2 is 1.61 bits per heavy atom. The Labute approximate surface area is 220 Å². The van der Waals surface area contributed by atoms with Gasteiger partial charge in [0.15, 0.2) is 11.5 Å². The topological polar surface area (TPSA) is 103 Å². The molecule has 212 valence electrons. The lowest BCUT2D eigenvalue weighted by Crippen LogP contribution is -2.63. The molecule has 3 saturated heterocycles. The molecule has 0 bridgehead atoms. The normalized spacial score (nSPS) is 20.4. The van der Waals surface area contributed by atoms with Crippen LogP contribution in [0.1, 0.15) is 26.2 Å². The molecule has 3 fully saturated rings. The van der Waals surface area contributed by atoms with Crippen molar-refractivity contribution in [2.24, 2.45) is 7.05 Å². The number of carbonyl (C=O) groups is 1. The van der Waals surface area contributed by atoms with Crippen LogP contribution >= 0.6 is 0 Å². The predicted octanol–water partition coefficient (Wildman–Crippen LogP) is 1.83. The molecule has 5 rings (SSSR count). The van der Waals surface area contributed by atoms with Crippen LogP contribution in [0.15, 0.2) is 6.33 Å². The molecule has 2 aromatic heterocycles. The number of aromatic nitrogens is 4. The molecule has 0 spiro atoms. The second kappa shape index (κ2) is 11.6. The van der Waals surface area contributed by atoms with E-state index >= 15 is 0 Å². The molecule has 0 aromatic carbocycles. The number of rotatable bonds is 7. The highest BCUT2D eigenvalue weighted by Crippen LogP contribution is 2.35. The fourth-order valence-corrected chi connectivity index (χ4v) is 5.14. The van der Waals surface area contributed by atoms with Crippen molar-refractivity contribution in [2.45, 2.75) is 38.0 Å². The lowest BCUT2D eigenvalue weighted by atomic mass is 9.91. The summed E-state index contributed by atoms with van der Waals surface area (Å²) in [5, 5.41) is 7.12. The van der Waals surface area contributed by atoms with E-state index in [9.17, 15) is 13.2 Å².